The molecule has 0 amide bonds. The van der Waals surface area contributed by atoms with Crippen molar-refractivity contribution in [2.24, 2.45) is 10.8 Å². The quantitative estimate of drug-likeness (QED) is 0.547. The van der Waals surface area contributed by atoms with E-state index in [0.717, 1.165) is 13.1 Å². The Morgan fingerprint density at radius 1 is 1.00 bits per heavy atom. The van der Waals surface area contributed by atoms with Crippen LogP contribution >= 0.6 is 12.4 Å². The molecule has 1 aromatic rings. The smallest absolute Gasteiger partial charge is 0.0443 e. The maximum absolute atomic E-state index is 2.64. The van der Waals surface area contributed by atoms with Gasteiger partial charge in [-0.25, -0.2) is 0 Å². The van der Waals surface area contributed by atoms with Gasteiger partial charge >= 0.3 is 0 Å². The first-order chi connectivity index (χ1) is 12.7. The predicted octanol–water partition coefficient (Wildman–Crippen LogP) is 6.57. The fourth-order valence-electron chi connectivity index (χ4n) is 5.34. The molecule has 1 aliphatic heterocycles. The third-order valence-corrected chi connectivity index (χ3v) is 6.21. The Labute approximate surface area is 179 Å². The summed E-state index contributed by atoms with van der Waals surface area (Å²) in [6.07, 6.45) is 7.63. The van der Waals surface area contributed by atoms with Gasteiger partial charge in [0.2, 0.25) is 0 Å². The van der Waals surface area contributed by atoms with E-state index < -0.39 is 0 Å². The van der Waals surface area contributed by atoms with Gasteiger partial charge in [-0.3, -0.25) is 4.90 Å². The van der Waals surface area contributed by atoms with Gasteiger partial charge in [0.1, 0.15) is 0 Å². The van der Waals surface area contributed by atoms with Gasteiger partial charge in [0.15, 0.2) is 0 Å². The lowest BCUT2D eigenvalue weighted by molar-refractivity contribution is 0.228. The maximum Gasteiger partial charge on any atom is 0.0443 e. The highest BCUT2D eigenvalue weighted by Crippen LogP contribution is 2.48. The summed E-state index contributed by atoms with van der Waals surface area (Å²) >= 11 is 0. The lowest BCUT2D eigenvalue weighted by atomic mass is 9.65. The van der Waals surface area contributed by atoms with E-state index in [-0.39, 0.29) is 17.8 Å². The molecule has 0 bridgehead atoms. The van der Waals surface area contributed by atoms with Crippen LogP contribution in [0.5, 0.6) is 0 Å². The molecule has 2 nitrogen and oxygen atoms in total. The number of rotatable bonds is 5. The molecule has 158 valence electrons. The van der Waals surface area contributed by atoms with Crippen molar-refractivity contribution in [2.75, 3.05) is 37.6 Å². The molecule has 0 radical (unpaired) electrons. The van der Waals surface area contributed by atoms with Crippen LogP contribution < -0.4 is 4.90 Å². The molecule has 0 spiro atoms. The average Bonchev–Trinajstić information content (AvgIpc) is 2.58. The molecular weight excluding hydrogens is 364 g/mol. The molecule has 0 aromatic heterocycles. The van der Waals surface area contributed by atoms with Crippen molar-refractivity contribution in [2.45, 2.75) is 67.2 Å². The molecule has 1 heterocycles. The Hall–Kier alpha value is -0.990. The van der Waals surface area contributed by atoms with Gasteiger partial charge in [-0.15, -0.1) is 12.4 Å². The van der Waals surface area contributed by atoms with E-state index in [4.69, 9.17) is 0 Å². The van der Waals surface area contributed by atoms with Gasteiger partial charge in [0, 0.05) is 37.4 Å². The van der Waals surface area contributed by atoms with E-state index in [1.807, 2.05) is 0 Å². The lowest BCUT2D eigenvalue weighted by Crippen LogP contribution is -2.47. The van der Waals surface area contributed by atoms with Crippen molar-refractivity contribution in [1.29, 1.82) is 0 Å². The first-order valence-corrected chi connectivity index (χ1v) is 11.0. The van der Waals surface area contributed by atoms with Gasteiger partial charge in [0.25, 0.3) is 0 Å². The van der Waals surface area contributed by atoms with Gasteiger partial charge in [-0.2, -0.15) is 0 Å². The normalized spacial score (nSPS) is 21.8. The number of hydrogen-bond donors (Lipinski definition) is 0. The second-order valence-electron chi connectivity index (χ2n) is 10.4. The number of piperazine rings is 1. The molecule has 0 saturated carbocycles. The Morgan fingerprint density at radius 3 is 2.29 bits per heavy atom. The number of halogens is 1. The minimum Gasteiger partial charge on any atom is -0.368 e. The second-order valence-corrected chi connectivity index (χ2v) is 10.4. The lowest BCUT2D eigenvalue weighted by Gasteiger charge is -2.41. The minimum atomic E-state index is 0. The molecule has 1 aliphatic carbocycles. The summed E-state index contributed by atoms with van der Waals surface area (Å²) in [7, 11) is 0. The fourth-order valence-corrected chi connectivity index (χ4v) is 5.34. The first kappa shape index (κ1) is 23.3. The monoisotopic (exact) mass is 404 g/mol. The van der Waals surface area contributed by atoms with E-state index in [2.05, 4.69) is 75.6 Å². The van der Waals surface area contributed by atoms with E-state index in [0.29, 0.717) is 5.41 Å². The molecule has 0 atom stereocenters. The molecule has 28 heavy (non-hydrogen) atoms. The number of aryl methyl sites for hydroxylation is 1. The van der Waals surface area contributed by atoms with Crippen molar-refractivity contribution >= 4 is 23.7 Å². The average molecular weight is 405 g/mol. The summed E-state index contributed by atoms with van der Waals surface area (Å²) in [5.74, 6) is 0. The highest BCUT2D eigenvalue weighted by Gasteiger charge is 2.34. The van der Waals surface area contributed by atoms with Gasteiger partial charge in [-0.1, -0.05) is 58.7 Å². The molecule has 1 fully saturated rings. The molecular formula is C25H41ClN2. The summed E-state index contributed by atoms with van der Waals surface area (Å²) in [6.45, 7) is 20.1. The van der Waals surface area contributed by atoms with Crippen LogP contribution in [0.3, 0.4) is 0 Å². The highest BCUT2D eigenvalue weighted by atomic mass is 35.5. The minimum absolute atomic E-state index is 0. The summed E-state index contributed by atoms with van der Waals surface area (Å²) in [5.41, 5.74) is 6.51. The van der Waals surface area contributed by atoms with Crippen molar-refractivity contribution in [3.63, 3.8) is 0 Å². The SMILES string of the molecule is CCCCN1CCN(c2ccc(C)cc2C2=CC(C)(C)CC(C)(C)C2)CC1.Cl. The topological polar surface area (TPSA) is 6.48 Å². The number of anilines is 1. The number of nitrogens with zero attached hydrogens (tertiary/aromatic N) is 2. The van der Waals surface area contributed by atoms with Crippen LogP contribution in [0.15, 0.2) is 24.3 Å². The van der Waals surface area contributed by atoms with Crippen molar-refractivity contribution in [1.82, 2.24) is 4.90 Å². The van der Waals surface area contributed by atoms with E-state index >= 15 is 0 Å². The Morgan fingerprint density at radius 2 is 1.68 bits per heavy atom. The van der Waals surface area contributed by atoms with Crippen LogP contribution in [-0.2, 0) is 0 Å². The Balaban J connectivity index is 0.00000280. The number of benzene rings is 1. The standard InChI is InChI=1S/C25H40N2.ClH/c1-7-8-11-26-12-14-27(15-13-26)23-10-9-20(2)16-22(23)21-17-24(3,4)19-25(5,6)18-21;/h9-10,16-17H,7-8,11-15,18-19H2,1-6H3;1H. The zero-order valence-electron chi connectivity index (χ0n) is 19.0. The molecule has 2 aliphatic rings. The van der Waals surface area contributed by atoms with E-state index in [9.17, 15) is 0 Å². The van der Waals surface area contributed by atoms with Crippen molar-refractivity contribution < 1.29 is 0 Å². The molecule has 3 rings (SSSR count). The number of hydrogen-bond acceptors (Lipinski definition) is 2. The van der Waals surface area contributed by atoms with Gasteiger partial charge in [-0.05, 0) is 61.3 Å². The van der Waals surface area contributed by atoms with Crippen LogP contribution in [0, 0.1) is 17.8 Å². The van der Waals surface area contributed by atoms with Crippen LogP contribution in [0.2, 0.25) is 0 Å². The second kappa shape index (κ2) is 9.22. The molecule has 0 unspecified atom stereocenters. The first-order valence-electron chi connectivity index (χ1n) is 11.0. The van der Waals surface area contributed by atoms with Crippen molar-refractivity contribution in [3.8, 4) is 0 Å². The van der Waals surface area contributed by atoms with Gasteiger partial charge < -0.3 is 4.90 Å². The zero-order valence-corrected chi connectivity index (χ0v) is 19.8. The van der Waals surface area contributed by atoms with E-state index in [1.165, 1.54) is 62.1 Å². The third-order valence-electron chi connectivity index (χ3n) is 6.21. The summed E-state index contributed by atoms with van der Waals surface area (Å²) < 4.78 is 0. The summed E-state index contributed by atoms with van der Waals surface area (Å²) in [6, 6.07) is 7.10. The molecule has 1 saturated heterocycles. The third kappa shape index (κ3) is 5.76. The van der Waals surface area contributed by atoms with Crippen LogP contribution in [-0.4, -0.2) is 37.6 Å². The largest absolute Gasteiger partial charge is 0.368 e. The predicted molar refractivity (Wildman–Crippen MR) is 127 cm³/mol. The maximum atomic E-state index is 2.64. The van der Waals surface area contributed by atoms with Gasteiger partial charge in [0.05, 0.1) is 0 Å². The Bertz CT molecular complexity index is 682. The molecule has 0 N–H and O–H groups in total. The Kier molecular flexibility index (Phi) is 7.67. The number of unbranched alkanes of at least 4 members (excludes halogenated alkanes) is 1. The van der Waals surface area contributed by atoms with Crippen LogP contribution in [0.1, 0.15) is 71.4 Å². The fraction of sp³-hybridized carbons (Fsp3) is 0.680. The van der Waals surface area contributed by atoms with E-state index in [1.54, 1.807) is 5.57 Å². The highest BCUT2D eigenvalue weighted by molar-refractivity contribution is 5.85. The van der Waals surface area contributed by atoms with Crippen LogP contribution in [0.4, 0.5) is 5.69 Å². The van der Waals surface area contributed by atoms with Crippen LogP contribution in [0.25, 0.3) is 5.57 Å². The summed E-state index contributed by atoms with van der Waals surface area (Å²) in [5, 5.41) is 0. The molecule has 1 aromatic carbocycles. The van der Waals surface area contributed by atoms with Crippen molar-refractivity contribution in [3.05, 3.63) is 35.4 Å². The summed E-state index contributed by atoms with van der Waals surface area (Å²) in [4.78, 5) is 5.27. The molecule has 3 heteroatoms. The zero-order chi connectivity index (χ0) is 19.7. The number of allylic oxidation sites excluding steroid dienone is 2.